The van der Waals surface area contributed by atoms with Crippen molar-refractivity contribution in [2.24, 2.45) is 0 Å². The zero-order valence-electron chi connectivity index (χ0n) is 12.4. The molecule has 1 aliphatic heterocycles. The molecule has 1 heterocycles. The summed E-state index contributed by atoms with van der Waals surface area (Å²) in [5, 5.41) is 3.45. The highest BCUT2D eigenvalue weighted by Gasteiger charge is 2.29. The number of aryl methyl sites for hydroxylation is 2. The van der Waals surface area contributed by atoms with Crippen molar-refractivity contribution in [2.45, 2.75) is 64.6 Å². The van der Waals surface area contributed by atoms with Gasteiger partial charge < -0.3 is 5.32 Å². The second kappa shape index (κ2) is 6.04. The molecule has 0 bridgehead atoms. The van der Waals surface area contributed by atoms with Crippen LogP contribution in [0.15, 0.2) is 18.2 Å². The van der Waals surface area contributed by atoms with Crippen molar-refractivity contribution in [1.82, 2.24) is 5.32 Å². The van der Waals surface area contributed by atoms with Crippen molar-refractivity contribution < 1.29 is 4.39 Å². The molecule has 2 atom stereocenters. The third kappa shape index (κ3) is 4.31. The van der Waals surface area contributed by atoms with Gasteiger partial charge >= 0.3 is 0 Å². The van der Waals surface area contributed by atoms with Crippen LogP contribution in [0.1, 0.15) is 49.3 Å². The molecule has 0 aliphatic carbocycles. The van der Waals surface area contributed by atoms with Gasteiger partial charge in [-0.05, 0) is 57.7 Å². The van der Waals surface area contributed by atoms with E-state index in [1.165, 1.54) is 24.0 Å². The van der Waals surface area contributed by atoms with E-state index < -0.39 is 5.67 Å². The Morgan fingerprint density at radius 2 is 2.11 bits per heavy atom. The van der Waals surface area contributed by atoms with Crippen molar-refractivity contribution in [3.05, 3.63) is 34.9 Å². The quantitative estimate of drug-likeness (QED) is 0.862. The first-order valence-electron chi connectivity index (χ1n) is 7.45. The molecule has 2 heteroatoms. The van der Waals surface area contributed by atoms with Crippen LogP contribution in [0.4, 0.5) is 4.39 Å². The molecule has 1 N–H and O–H groups in total. The lowest BCUT2D eigenvalue weighted by Crippen LogP contribution is -2.40. The van der Waals surface area contributed by atoms with Gasteiger partial charge in [-0.3, -0.25) is 0 Å². The molecular weight excluding hydrogens is 237 g/mol. The van der Waals surface area contributed by atoms with Gasteiger partial charge in [0.2, 0.25) is 0 Å². The van der Waals surface area contributed by atoms with Crippen molar-refractivity contribution in [2.75, 3.05) is 6.54 Å². The molecule has 0 aromatic heterocycles. The molecule has 1 fully saturated rings. The van der Waals surface area contributed by atoms with Crippen LogP contribution in [0.2, 0.25) is 0 Å². The Morgan fingerprint density at radius 1 is 1.32 bits per heavy atom. The summed E-state index contributed by atoms with van der Waals surface area (Å²) >= 11 is 0. The van der Waals surface area contributed by atoms with Crippen LogP contribution in [0, 0.1) is 13.8 Å². The van der Waals surface area contributed by atoms with E-state index in [2.05, 4.69) is 37.4 Å². The Bertz CT molecular complexity index is 419. The Balaban J connectivity index is 2.00. The van der Waals surface area contributed by atoms with E-state index in [9.17, 15) is 4.39 Å². The van der Waals surface area contributed by atoms with Gasteiger partial charge in [0.25, 0.3) is 0 Å². The minimum atomic E-state index is -1.12. The number of hydrogen-bond acceptors (Lipinski definition) is 1. The Kier molecular flexibility index (Phi) is 4.62. The maximum absolute atomic E-state index is 14.8. The van der Waals surface area contributed by atoms with Gasteiger partial charge in [0, 0.05) is 12.5 Å². The molecular formula is C17H26FN. The predicted molar refractivity (Wildman–Crippen MR) is 79.4 cm³/mol. The first-order chi connectivity index (χ1) is 8.96. The second-order valence-electron chi connectivity index (χ2n) is 6.37. The Morgan fingerprint density at radius 3 is 2.79 bits per heavy atom. The molecule has 1 aliphatic rings. The number of halogens is 1. The van der Waals surface area contributed by atoms with Crippen LogP contribution in [0.5, 0.6) is 0 Å². The Hall–Kier alpha value is -0.890. The monoisotopic (exact) mass is 263 g/mol. The second-order valence-corrected chi connectivity index (χ2v) is 6.37. The van der Waals surface area contributed by atoms with Gasteiger partial charge in [-0.25, -0.2) is 4.39 Å². The van der Waals surface area contributed by atoms with Crippen LogP contribution >= 0.6 is 0 Å². The van der Waals surface area contributed by atoms with Crippen molar-refractivity contribution >= 4 is 0 Å². The molecule has 0 saturated carbocycles. The lowest BCUT2D eigenvalue weighted by Gasteiger charge is -2.30. The van der Waals surface area contributed by atoms with Gasteiger partial charge in [-0.1, -0.05) is 30.2 Å². The topological polar surface area (TPSA) is 12.0 Å². The molecule has 1 aromatic carbocycles. The first kappa shape index (κ1) is 14.5. The maximum Gasteiger partial charge on any atom is 0.113 e. The van der Waals surface area contributed by atoms with Gasteiger partial charge in [-0.15, -0.1) is 0 Å². The van der Waals surface area contributed by atoms with Crippen LogP contribution in [0.3, 0.4) is 0 Å². The molecule has 19 heavy (non-hydrogen) atoms. The zero-order chi connectivity index (χ0) is 13.9. The molecule has 2 unspecified atom stereocenters. The van der Waals surface area contributed by atoms with Crippen molar-refractivity contribution in [1.29, 1.82) is 0 Å². The molecule has 0 spiro atoms. The third-order valence-electron chi connectivity index (χ3n) is 4.15. The summed E-state index contributed by atoms with van der Waals surface area (Å²) in [6.45, 7) is 6.94. The summed E-state index contributed by atoms with van der Waals surface area (Å²) in [7, 11) is 0. The highest BCUT2D eigenvalue weighted by molar-refractivity contribution is 5.31. The fraction of sp³-hybridized carbons (Fsp3) is 0.647. The summed E-state index contributed by atoms with van der Waals surface area (Å²) in [5.41, 5.74) is 2.45. The van der Waals surface area contributed by atoms with Crippen LogP contribution < -0.4 is 5.32 Å². The number of nitrogens with one attached hydrogen (secondary N) is 1. The van der Waals surface area contributed by atoms with Crippen LogP contribution in [0.25, 0.3) is 0 Å². The van der Waals surface area contributed by atoms with Gasteiger partial charge in [-0.2, -0.15) is 0 Å². The highest BCUT2D eigenvalue weighted by atomic mass is 19.1. The van der Waals surface area contributed by atoms with Gasteiger partial charge in [0.1, 0.15) is 5.67 Å². The van der Waals surface area contributed by atoms with E-state index in [4.69, 9.17) is 0 Å². The van der Waals surface area contributed by atoms with E-state index in [0.29, 0.717) is 18.9 Å². The lowest BCUT2D eigenvalue weighted by atomic mass is 9.87. The van der Waals surface area contributed by atoms with E-state index in [-0.39, 0.29) is 0 Å². The number of rotatable bonds is 4. The summed E-state index contributed by atoms with van der Waals surface area (Å²) < 4.78 is 14.8. The minimum absolute atomic E-state index is 0.355. The SMILES string of the molecule is Cc1ccc(C)c(CC(C)(F)CC2CCCCN2)c1. The normalized spacial score (nSPS) is 23.1. The summed E-state index contributed by atoms with van der Waals surface area (Å²) in [6.07, 6.45) is 4.74. The third-order valence-corrected chi connectivity index (χ3v) is 4.15. The number of alkyl halides is 1. The van der Waals surface area contributed by atoms with Crippen LogP contribution in [-0.4, -0.2) is 18.3 Å². The molecule has 0 amide bonds. The number of benzene rings is 1. The largest absolute Gasteiger partial charge is 0.314 e. The number of piperidine rings is 1. The predicted octanol–water partition coefficient (Wildman–Crippen LogP) is 4.11. The average molecular weight is 263 g/mol. The smallest absolute Gasteiger partial charge is 0.113 e. The van der Waals surface area contributed by atoms with Gasteiger partial charge in [0.05, 0.1) is 0 Å². The van der Waals surface area contributed by atoms with Crippen molar-refractivity contribution in [3.8, 4) is 0 Å². The molecule has 2 rings (SSSR count). The number of hydrogen-bond donors (Lipinski definition) is 1. The summed E-state index contributed by atoms with van der Waals surface area (Å²) in [4.78, 5) is 0. The molecule has 0 radical (unpaired) electrons. The molecule has 1 aromatic rings. The van der Waals surface area contributed by atoms with E-state index >= 15 is 0 Å². The van der Waals surface area contributed by atoms with E-state index in [1.54, 1.807) is 6.92 Å². The standard InChI is InChI=1S/C17H26FN/c1-13-7-8-14(2)15(10-13)11-17(3,18)12-16-6-4-5-9-19-16/h7-8,10,16,19H,4-6,9,11-12H2,1-3H3. The fourth-order valence-corrected chi connectivity index (χ4v) is 3.07. The lowest BCUT2D eigenvalue weighted by molar-refractivity contribution is 0.145. The molecule has 1 saturated heterocycles. The summed E-state index contributed by atoms with van der Waals surface area (Å²) in [5.74, 6) is 0. The van der Waals surface area contributed by atoms with Crippen LogP contribution in [-0.2, 0) is 6.42 Å². The van der Waals surface area contributed by atoms with Crippen molar-refractivity contribution in [3.63, 3.8) is 0 Å². The highest BCUT2D eigenvalue weighted by Crippen LogP contribution is 2.27. The van der Waals surface area contributed by atoms with E-state index in [0.717, 1.165) is 18.5 Å². The zero-order valence-corrected chi connectivity index (χ0v) is 12.4. The van der Waals surface area contributed by atoms with Gasteiger partial charge in [0.15, 0.2) is 0 Å². The maximum atomic E-state index is 14.8. The first-order valence-corrected chi connectivity index (χ1v) is 7.45. The average Bonchev–Trinajstić information content (AvgIpc) is 2.34. The molecule has 106 valence electrons. The fourth-order valence-electron chi connectivity index (χ4n) is 3.07. The minimum Gasteiger partial charge on any atom is -0.314 e. The Labute approximate surface area is 116 Å². The molecule has 1 nitrogen and oxygen atoms in total. The summed E-state index contributed by atoms with van der Waals surface area (Å²) in [6, 6.07) is 6.67. The van der Waals surface area contributed by atoms with E-state index in [1.807, 2.05) is 0 Å².